The van der Waals surface area contributed by atoms with Crippen LogP contribution in [-0.2, 0) is 14.4 Å². The lowest BCUT2D eigenvalue weighted by molar-refractivity contribution is -0.146. The number of allylic oxidation sites excluding steroid dienone is 2. The predicted molar refractivity (Wildman–Crippen MR) is 74.1 cm³/mol. The highest BCUT2D eigenvalue weighted by molar-refractivity contribution is 6.23. The van der Waals surface area contributed by atoms with Crippen molar-refractivity contribution in [1.82, 2.24) is 4.90 Å². The molecule has 0 aromatic rings. The fourth-order valence-corrected chi connectivity index (χ4v) is 6.39. The van der Waals surface area contributed by atoms with Crippen molar-refractivity contribution in [2.75, 3.05) is 13.1 Å². The number of nitrogens with zero attached hydrogens (tertiary/aromatic N) is 1. The van der Waals surface area contributed by atoms with Crippen molar-refractivity contribution in [3.8, 4) is 0 Å². The van der Waals surface area contributed by atoms with Crippen LogP contribution in [0.2, 0.25) is 0 Å². The van der Waals surface area contributed by atoms with Gasteiger partial charge in [-0.2, -0.15) is 0 Å². The summed E-state index contributed by atoms with van der Waals surface area (Å²) in [6.45, 7) is 3.52. The predicted octanol–water partition coefficient (Wildman–Crippen LogP) is 1.21. The van der Waals surface area contributed by atoms with E-state index < -0.39 is 5.41 Å². The second-order valence-corrected chi connectivity index (χ2v) is 7.45. The van der Waals surface area contributed by atoms with Crippen LogP contribution in [0.4, 0.5) is 0 Å². The third-order valence-corrected chi connectivity index (χ3v) is 6.90. The Bertz CT molecular complexity index is 636. The lowest BCUT2D eigenvalue weighted by Gasteiger charge is -2.37. The molecule has 0 N–H and O–H groups in total. The molecule has 110 valence electrons. The number of likely N-dealkylation sites (tertiary alicyclic amines) is 1. The van der Waals surface area contributed by atoms with Crippen LogP contribution >= 0.6 is 0 Å². The second kappa shape index (κ2) is 3.47. The molecule has 0 aromatic carbocycles. The van der Waals surface area contributed by atoms with E-state index in [1.54, 1.807) is 0 Å². The Morgan fingerprint density at radius 1 is 1.29 bits per heavy atom. The summed E-state index contributed by atoms with van der Waals surface area (Å²) in [4.78, 5) is 40.6. The molecule has 1 spiro atoms. The molecule has 4 fully saturated rings. The molecule has 3 saturated carbocycles. The van der Waals surface area contributed by atoms with Crippen LogP contribution in [0.25, 0.3) is 0 Å². The molecule has 1 heterocycles. The van der Waals surface area contributed by atoms with Crippen LogP contribution in [0.3, 0.4) is 0 Å². The molecule has 4 bridgehead atoms. The van der Waals surface area contributed by atoms with E-state index in [-0.39, 0.29) is 41.1 Å². The van der Waals surface area contributed by atoms with Gasteiger partial charge < -0.3 is 4.90 Å². The van der Waals surface area contributed by atoms with Gasteiger partial charge in [-0.1, -0.05) is 13.0 Å². The molecule has 5 aliphatic rings. The first-order valence-corrected chi connectivity index (χ1v) is 8.19. The Kier molecular flexibility index (Phi) is 2.01. The topological polar surface area (TPSA) is 54.5 Å². The van der Waals surface area contributed by atoms with Crippen molar-refractivity contribution in [3.05, 3.63) is 11.6 Å². The summed E-state index contributed by atoms with van der Waals surface area (Å²) in [5.41, 5.74) is -0.104. The Balaban J connectivity index is 1.68. The number of rotatable bonds is 2. The van der Waals surface area contributed by atoms with Gasteiger partial charge in [0.25, 0.3) is 0 Å². The second-order valence-electron chi connectivity index (χ2n) is 7.45. The van der Waals surface area contributed by atoms with Gasteiger partial charge in [-0.25, -0.2) is 0 Å². The fourth-order valence-electron chi connectivity index (χ4n) is 6.39. The zero-order valence-electron chi connectivity index (χ0n) is 12.2. The quantitative estimate of drug-likeness (QED) is 0.717. The maximum Gasteiger partial charge on any atom is 0.227 e. The SMILES string of the molecule is CCCN1CC2C3C(=O)C4(C(=O)C5=CCC3C4C5)C2C1=O. The lowest BCUT2D eigenvalue weighted by Crippen LogP contribution is -2.46. The largest absolute Gasteiger partial charge is 0.342 e. The third kappa shape index (κ3) is 1.02. The maximum absolute atomic E-state index is 13.0. The first-order valence-electron chi connectivity index (χ1n) is 8.19. The summed E-state index contributed by atoms with van der Waals surface area (Å²) in [5, 5.41) is 0. The highest BCUT2D eigenvalue weighted by Crippen LogP contribution is 2.72. The van der Waals surface area contributed by atoms with Gasteiger partial charge in [0.15, 0.2) is 11.6 Å². The molecule has 0 aromatic heterocycles. The van der Waals surface area contributed by atoms with Crippen LogP contribution in [0.5, 0.6) is 0 Å². The summed E-state index contributed by atoms with van der Waals surface area (Å²) >= 11 is 0. The van der Waals surface area contributed by atoms with E-state index in [4.69, 9.17) is 0 Å². The van der Waals surface area contributed by atoms with Crippen LogP contribution in [0.15, 0.2) is 11.6 Å². The van der Waals surface area contributed by atoms with E-state index in [2.05, 4.69) is 13.0 Å². The maximum atomic E-state index is 13.0. The normalized spacial score (nSPS) is 49.2. The smallest absolute Gasteiger partial charge is 0.227 e. The molecule has 5 rings (SSSR count). The number of Topliss-reactive ketones (excluding diaryl/α,β-unsaturated/α-hetero) is 2. The van der Waals surface area contributed by atoms with E-state index in [1.807, 2.05) is 4.90 Å². The fraction of sp³-hybridized carbons (Fsp3) is 0.706. The molecular weight excluding hydrogens is 266 g/mol. The molecule has 0 radical (unpaired) electrons. The summed E-state index contributed by atoms with van der Waals surface area (Å²) in [6.07, 6.45) is 4.61. The van der Waals surface area contributed by atoms with Gasteiger partial charge in [0.05, 0.1) is 5.92 Å². The number of hydrogen-bond acceptors (Lipinski definition) is 3. The minimum absolute atomic E-state index is 0.0155. The molecule has 6 unspecified atom stereocenters. The van der Waals surface area contributed by atoms with Crippen molar-refractivity contribution >= 4 is 17.5 Å². The number of amides is 1. The molecule has 6 atom stereocenters. The van der Waals surface area contributed by atoms with Crippen molar-refractivity contribution in [3.63, 3.8) is 0 Å². The molecule has 1 amide bonds. The number of hydrogen-bond donors (Lipinski definition) is 0. The van der Waals surface area contributed by atoms with Crippen molar-refractivity contribution < 1.29 is 14.4 Å². The van der Waals surface area contributed by atoms with Crippen LogP contribution < -0.4 is 0 Å². The Morgan fingerprint density at radius 2 is 2.10 bits per heavy atom. The van der Waals surface area contributed by atoms with E-state index in [0.717, 1.165) is 31.4 Å². The van der Waals surface area contributed by atoms with Gasteiger partial charge in [-0.15, -0.1) is 0 Å². The number of carbonyl (C=O) groups is 3. The van der Waals surface area contributed by atoms with Crippen molar-refractivity contribution in [2.45, 2.75) is 26.2 Å². The van der Waals surface area contributed by atoms with Gasteiger partial charge in [-0.05, 0) is 42.6 Å². The number of ketones is 2. The Labute approximate surface area is 123 Å². The summed E-state index contributed by atoms with van der Waals surface area (Å²) in [7, 11) is 0. The molecule has 4 nitrogen and oxygen atoms in total. The van der Waals surface area contributed by atoms with Crippen LogP contribution in [0, 0.1) is 35.0 Å². The molecule has 4 aliphatic carbocycles. The molecule has 4 heteroatoms. The molecular formula is C17H19NO3. The van der Waals surface area contributed by atoms with Gasteiger partial charge >= 0.3 is 0 Å². The number of fused-ring (bicyclic) bond motifs is 5. The minimum atomic E-state index is -0.943. The standard InChI is InChI=1S/C17H19NO3/c1-2-5-18-7-10-12-9-4-3-8-6-11(9)17(14(8)19,15(12)20)13(10)16(18)21/h3,9-13H,2,4-7H2,1H3. The van der Waals surface area contributed by atoms with E-state index in [0.29, 0.717) is 12.5 Å². The van der Waals surface area contributed by atoms with E-state index >= 15 is 0 Å². The zero-order chi connectivity index (χ0) is 14.5. The van der Waals surface area contributed by atoms with Crippen molar-refractivity contribution in [2.24, 2.45) is 35.0 Å². The summed E-state index contributed by atoms with van der Waals surface area (Å²) in [5.74, 6) is 0.418. The van der Waals surface area contributed by atoms with Gasteiger partial charge in [0.1, 0.15) is 5.41 Å². The Morgan fingerprint density at radius 3 is 2.86 bits per heavy atom. The highest BCUT2D eigenvalue weighted by Gasteiger charge is 2.81. The first kappa shape index (κ1) is 12.1. The van der Waals surface area contributed by atoms with E-state index in [1.165, 1.54) is 0 Å². The monoisotopic (exact) mass is 285 g/mol. The number of carbonyl (C=O) groups excluding carboxylic acids is 3. The average molecular weight is 285 g/mol. The van der Waals surface area contributed by atoms with E-state index in [9.17, 15) is 14.4 Å². The third-order valence-electron chi connectivity index (χ3n) is 6.90. The van der Waals surface area contributed by atoms with Gasteiger partial charge in [0, 0.05) is 19.0 Å². The summed E-state index contributed by atoms with van der Waals surface area (Å²) < 4.78 is 0. The molecule has 1 aliphatic heterocycles. The average Bonchev–Trinajstić information content (AvgIpc) is 3.09. The lowest BCUT2D eigenvalue weighted by atomic mass is 9.62. The van der Waals surface area contributed by atoms with Gasteiger partial charge in [-0.3, -0.25) is 14.4 Å². The minimum Gasteiger partial charge on any atom is -0.342 e. The first-order chi connectivity index (χ1) is 10.1. The molecule has 21 heavy (non-hydrogen) atoms. The zero-order valence-corrected chi connectivity index (χ0v) is 12.2. The summed E-state index contributed by atoms with van der Waals surface area (Å²) in [6, 6.07) is 0. The van der Waals surface area contributed by atoms with Crippen molar-refractivity contribution in [1.29, 1.82) is 0 Å². The van der Waals surface area contributed by atoms with Crippen LogP contribution in [-0.4, -0.2) is 35.5 Å². The highest BCUT2D eigenvalue weighted by atomic mass is 16.2. The Hall–Kier alpha value is -1.45. The molecule has 1 saturated heterocycles. The van der Waals surface area contributed by atoms with Gasteiger partial charge in [0.2, 0.25) is 5.91 Å². The van der Waals surface area contributed by atoms with Crippen LogP contribution in [0.1, 0.15) is 26.2 Å².